The van der Waals surface area contributed by atoms with Gasteiger partial charge in [-0.3, -0.25) is 15.2 Å². The highest BCUT2D eigenvalue weighted by Crippen LogP contribution is 2.30. The summed E-state index contributed by atoms with van der Waals surface area (Å²) in [4.78, 5) is 21.4. The van der Waals surface area contributed by atoms with Gasteiger partial charge in [-0.15, -0.1) is 23.4 Å². The number of nitrogens with zero attached hydrogens (tertiary/aromatic N) is 3. The number of benzene rings is 1. The second kappa shape index (κ2) is 7.16. The molecule has 136 valence electrons. The third kappa shape index (κ3) is 4.10. The molecule has 5 nitrogen and oxygen atoms in total. The Kier molecular flexibility index (Phi) is 5.10. The van der Waals surface area contributed by atoms with Crippen molar-refractivity contribution in [2.75, 3.05) is 5.43 Å². The maximum atomic E-state index is 12.9. The Morgan fingerprint density at radius 1 is 1.27 bits per heavy atom. The van der Waals surface area contributed by atoms with Crippen LogP contribution in [0.5, 0.6) is 0 Å². The van der Waals surface area contributed by atoms with E-state index < -0.39 is 17.3 Å². The Morgan fingerprint density at radius 2 is 2.04 bits per heavy atom. The van der Waals surface area contributed by atoms with Gasteiger partial charge in [0.2, 0.25) is 0 Å². The lowest BCUT2D eigenvalue weighted by atomic mass is 10.1. The van der Waals surface area contributed by atoms with E-state index in [0.29, 0.717) is 5.69 Å². The Labute approximate surface area is 155 Å². The van der Waals surface area contributed by atoms with E-state index in [9.17, 15) is 18.0 Å². The van der Waals surface area contributed by atoms with E-state index in [4.69, 9.17) is 11.6 Å². The maximum absolute atomic E-state index is 12.9. The molecule has 0 aliphatic carbocycles. The molecule has 0 saturated carbocycles. The first-order chi connectivity index (χ1) is 12.2. The summed E-state index contributed by atoms with van der Waals surface area (Å²) in [5, 5.41) is -0.136. The molecule has 0 fully saturated rings. The number of hydrogen-bond donors (Lipinski definition) is 1. The molecule has 2 aromatic heterocycles. The van der Waals surface area contributed by atoms with Crippen LogP contribution in [0.2, 0.25) is 0 Å². The summed E-state index contributed by atoms with van der Waals surface area (Å²) in [6.45, 7) is 1.81. The van der Waals surface area contributed by atoms with Gasteiger partial charge in [-0.2, -0.15) is 13.2 Å². The number of thioether (sulfide) groups is 1. The fourth-order valence-electron chi connectivity index (χ4n) is 2.25. The van der Waals surface area contributed by atoms with Gasteiger partial charge < -0.3 is 0 Å². The van der Waals surface area contributed by atoms with Gasteiger partial charge in [-0.05, 0) is 31.2 Å². The fourth-order valence-corrected chi connectivity index (χ4v) is 3.25. The van der Waals surface area contributed by atoms with Crippen LogP contribution in [-0.4, -0.2) is 19.4 Å². The highest BCUT2D eigenvalue weighted by molar-refractivity contribution is 8.01. The van der Waals surface area contributed by atoms with Crippen molar-refractivity contribution >= 4 is 40.0 Å². The number of alkyl halides is 4. The minimum absolute atomic E-state index is 0.136. The number of halogens is 4. The van der Waals surface area contributed by atoms with Crippen LogP contribution in [0.4, 0.5) is 18.9 Å². The van der Waals surface area contributed by atoms with Gasteiger partial charge in [0, 0.05) is 11.1 Å². The van der Waals surface area contributed by atoms with Crippen molar-refractivity contribution < 1.29 is 13.2 Å². The van der Waals surface area contributed by atoms with Crippen molar-refractivity contribution in [3.63, 3.8) is 0 Å². The molecule has 0 saturated heterocycles. The summed E-state index contributed by atoms with van der Waals surface area (Å²) < 4.78 is 39.5. The largest absolute Gasteiger partial charge is 0.416 e. The maximum Gasteiger partial charge on any atom is 0.416 e. The highest BCUT2D eigenvalue weighted by Gasteiger charge is 2.30. The number of pyridine rings is 1. The molecule has 0 aliphatic heterocycles. The van der Waals surface area contributed by atoms with E-state index in [0.717, 1.165) is 21.7 Å². The molecule has 0 radical (unpaired) electrons. The van der Waals surface area contributed by atoms with Crippen LogP contribution in [0.3, 0.4) is 0 Å². The van der Waals surface area contributed by atoms with E-state index in [1.54, 1.807) is 12.3 Å². The number of hydrogen-bond acceptors (Lipinski definition) is 5. The monoisotopic (exact) mass is 400 g/mol. The van der Waals surface area contributed by atoms with E-state index >= 15 is 0 Å². The average molecular weight is 401 g/mol. The topological polar surface area (TPSA) is 59.8 Å². The molecule has 1 unspecified atom stereocenters. The zero-order valence-electron chi connectivity index (χ0n) is 13.3. The molecule has 0 spiro atoms. The van der Waals surface area contributed by atoms with Crippen molar-refractivity contribution in [2.45, 2.75) is 22.7 Å². The Bertz CT molecular complexity index is 1010. The predicted molar refractivity (Wildman–Crippen MR) is 95.4 cm³/mol. The van der Waals surface area contributed by atoms with Crippen LogP contribution >= 0.6 is 23.4 Å². The molecule has 1 atom stereocenters. The van der Waals surface area contributed by atoms with E-state index in [-0.39, 0.29) is 15.6 Å². The van der Waals surface area contributed by atoms with Crippen molar-refractivity contribution in [2.24, 2.45) is 0 Å². The summed E-state index contributed by atoms with van der Waals surface area (Å²) in [5.41, 5.74) is 1.88. The number of aromatic nitrogens is 3. The smallest absolute Gasteiger partial charge is 0.289 e. The molecule has 0 amide bonds. The first kappa shape index (κ1) is 18.5. The van der Waals surface area contributed by atoms with Crippen LogP contribution in [0.1, 0.15) is 12.5 Å². The molecule has 0 aliphatic rings. The lowest BCUT2D eigenvalue weighted by Gasteiger charge is -2.12. The van der Waals surface area contributed by atoms with Crippen molar-refractivity contribution in [3.05, 3.63) is 58.9 Å². The lowest BCUT2D eigenvalue weighted by Crippen LogP contribution is -2.27. The number of fused-ring (bicyclic) bond motifs is 1. The summed E-state index contributed by atoms with van der Waals surface area (Å²) in [5.74, 6) is 0. The van der Waals surface area contributed by atoms with Crippen LogP contribution < -0.4 is 11.0 Å². The van der Waals surface area contributed by atoms with Gasteiger partial charge in [0.25, 0.3) is 5.56 Å². The van der Waals surface area contributed by atoms with Gasteiger partial charge in [-0.1, -0.05) is 0 Å². The summed E-state index contributed by atoms with van der Waals surface area (Å²) in [6, 6.07) is 4.58. The molecule has 2 heterocycles. The SMILES string of the molecule is CC(Cl)Sc1cncc(Nn2cnc3ccc(C(F)(F)F)cc3c2=O)c1. The molecule has 26 heavy (non-hydrogen) atoms. The second-order valence-corrected chi connectivity index (χ2v) is 7.66. The van der Waals surface area contributed by atoms with Gasteiger partial charge in [-0.25, -0.2) is 9.66 Å². The van der Waals surface area contributed by atoms with Crippen LogP contribution in [0.25, 0.3) is 10.9 Å². The number of anilines is 1. The Hall–Kier alpha value is -2.26. The molecule has 1 N–H and O–H groups in total. The van der Waals surface area contributed by atoms with E-state index in [1.807, 2.05) is 6.92 Å². The molecular weight excluding hydrogens is 389 g/mol. The summed E-state index contributed by atoms with van der Waals surface area (Å²) >= 11 is 7.29. The van der Waals surface area contributed by atoms with Crippen molar-refractivity contribution in [1.82, 2.24) is 14.6 Å². The van der Waals surface area contributed by atoms with Gasteiger partial charge in [0.1, 0.15) is 6.33 Å². The van der Waals surface area contributed by atoms with Gasteiger partial charge >= 0.3 is 6.18 Å². The number of nitrogens with one attached hydrogen (secondary N) is 1. The lowest BCUT2D eigenvalue weighted by molar-refractivity contribution is -0.137. The van der Waals surface area contributed by atoms with Gasteiger partial charge in [0.15, 0.2) is 0 Å². The summed E-state index contributed by atoms with van der Waals surface area (Å²) in [6.07, 6.45) is -0.234. The van der Waals surface area contributed by atoms with Crippen LogP contribution in [-0.2, 0) is 6.18 Å². The molecular formula is C16H12ClF3N4OS. The predicted octanol–water partition coefficient (Wildman–Crippen LogP) is 4.36. The molecule has 10 heteroatoms. The first-order valence-corrected chi connectivity index (χ1v) is 8.67. The van der Waals surface area contributed by atoms with Crippen molar-refractivity contribution in [3.8, 4) is 0 Å². The average Bonchev–Trinajstić information content (AvgIpc) is 2.56. The quantitative estimate of drug-likeness (QED) is 0.520. The first-order valence-electron chi connectivity index (χ1n) is 7.35. The Morgan fingerprint density at radius 3 is 2.73 bits per heavy atom. The minimum Gasteiger partial charge on any atom is -0.289 e. The number of rotatable bonds is 4. The zero-order chi connectivity index (χ0) is 18.9. The minimum atomic E-state index is -4.54. The standard InChI is InChI=1S/C16H12ClF3N4OS/c1-9(17)26-12-5-11(6-21-7-12)23-24-8-22-14-3-2-10(16(18,19)20)4-13(14)15(24)25/h2-9,23H,1H3. The molecule has 0 bridgehead atoms. The molecule has 3 rings (SSSR count). The van der Waals surface area contributed by atoms with Crippen LogP contribution in [0, 0.1) is 0 Å². The highest BCUT2D eigenvalue weighted by atomic mass is 35.5. The van der Waals surface area contributed by atoms with Crippen LogP contribution in [0.15, 0.2) is 52.7 Å². The van der Waals surface area contributed by atoms with Gasteiger partial charge in [0.05, 0.1) is 33.1 Å². The van der Waals surface area contributed by atoms with E-state index in [2.05, 4.69) is 15.4 Å². The second-order valence-electron chi connectivity index (χ2n) is 5.33. The molecule has 1 aromatic carbocycles. The fraction of sp³-hybridized carbons (Fsp3) is 0.188. The summed E-state index contributed by atoms with van der Waals surface area (Å²) in [7, 11) is 0. The molecule has 3 aromatic rings. The zero-order valence-corrected chi connectivity index (χ0v) is 14.9. The Balaban J connectivity index is 1.98. The van der Waals surface area contributed by atoms with E-state index in [1.165, 1.54) is 30.4 Å². The third-order valence-electron chi connectivity index (χ3n) is 3.35. The normalized spacial score (nSPS) is 13.0. The third-order valence-corrected chi connectivity index (χ3v) is 4.43. The van der Waals surface area contributed by atoms with Crippen molar-refractivity contribution in [1.29, 1.82) is 0 Å².